The van der Waals surface area contributed by atoms with E-state index in [1.54, 1.807) is 0 Å². The molecule has 0 atom stereocenters. The Labute approximate surface area is 361 Å². The fraction of sp³-hybridized carbons (Fsp3) is 0. The van der Waals surface area contributed by atoms with Gasteiger partial charge >= 0.3 is 0 Å². The van der Waals surface area contributed by atoms with E-state index in [4.69, 9.17) is 19.9 Å². The van der Waals surface area contributed by atoms with Gasteiger partial charge in [0.25, 0.3) is 0 Å². The number of thiophene rings is 1. The summed E-state index contributed by atoms with van der Waals surface area (Å²) in [5.74, 6) is 1.77. The Morgan fingerprint density at radius 1 is 0.355 bits per heavy atom. The number of para-hydroxylation sites is 2. The molecule has 0 aliphatic rings. The topological polar surface area (TPSA) is 56.5 Å². The van der Waals surface area contributed by atoms with Crippen molar-refractivity contribution in [1.29, 1.82) is 0 Å². The second-order valence-electron chi connectivity index (χ2n) is 15.4. The first-order chi connectivity index (χ1) is 30.7. The SMILES string of the molecule is c1ccc(-c2cccc(-c3cnc(-c4ccc5sc6ccc7c(c8ccccc8n7-c7ccccc7)c6c5c4)c(-c4nc(-c5ccccc5)nc(-c5ccccc5)n4)c3)c2)cc1. The molecule has 0 saturated carbocycles. The molecule has 0 aliphatic heterocycles. The fourth-order valence-corrected chi connectivity index (χ4v) is 9.88. The van der Waals surface area contributed by atoms with Crippen molar-refractivity contribution in [2.45, 2.75) is 0 Å². The van der Waals surface area contributed by atoms with Gasteiger partial charge < -0.3 is 4.57 Å². The quantitative estimate of drug-likeness (QED) is 0.161. The number of hydrogen-bond acceptors (Lipinski definition) is 5. The lowest BCUT2D eigenvalue weighted by molar-refractivity contribution is 1.07. The maximum Gasteiger partial charge on any atom is 0.166 e. The van der Waals surface area contributed by atoms with Gasteiger partial charge in [0.15, 0.2) is 17.5 Å². The van der Waals surface area contributed by atoms with Crippen LogP contribution in [0.1, 0.15) is 0 Å². The Morgan fingerprint density at radius 3 is 1.65 bits per heavy atom. The molecule has 0 aliphatic carbocycles. The van der Waals surface area contributed by atoms with Crippen LogP contribution in [0.4, 0.5) is 0 Å². The number of pyridine rings is 1. The van der Waals surface area contributed by atoms with Crippen LogP contribution in [0, 0.1) is 0 Å². The van der Waals surface area contributed by atoms with E-state index in [0.29, 0.717) is 17.5 Å². The normalized spacial score (nSPS) is 11.5. The summed E-state index contributed by atoms with van der Waals surface area (Å²) in [6.07, 6.45) is 1.99. The summed E-state index contributed by atoms with van der Waals surface area (Å²) in [6.45, 7) is 0. The van der Waals surface area contributed by atoms with E-state index in [1.165, 1.54) is 42.0 Å². The zero-order valence-electron chi connectivity index (χ0n) is 33.4. The Bertz CT molecular complexity index is 3560. The van der Waals surface area contributed by atoms with E-state index in [0.717, 1.165) is 55.9 Å². The van der Waals surface area contributed by atoms with Gasteiger partial charge in [-0.25, -0.2) is 15.0 Å². The Kier molecular flexibility index (Phi) is 8.61. The number of benzene rings is 8. The predicted molar refractivity (Wildman–Crippen MR) is 257 cm³/mol. The average Bonchev–Trinajstić information content (AvgIpc) is 3.90. The second-order valence-corrected chi connectivity index (χ2v) is 16.5. The van der Waals surface area contributed by atoms with E-state index in [2.05, 4.69) is 144 Å². The highest BCUT2D eigenvalue weighted by molar-refractivity contribution is 7.26. The first-order valence-electron chi connectivity index (χ1n) is 20.7. The lowest BCUT2D eigenvalue weighted by atomic mass is 9.96. The molecule has 0 saturated heterocycles. The smallest absolute Gasteiger partial charge is 0.166 e. The Balaban J connectivity index is 1.11. The van der Waals surface area contributed by atoms with Crippen molar-refractivity contribution in [3.05, 3.63) is 212 Å². The summed E-state index contributed by atoms with van der Waals surface area (Å²) in [6, 6.07) is 72.3. The molecular formula is C56H35N5S. The van der Waals surface area contributed by atoms with Crippen LogP contribution in [0.15, 0.2) is 212 Å². The minimum absolute atomic E-state index is 0.560. The van der Waals surface area contributed by atoms with Crippen LogP contribution in [0.5, 0.6) is 0 Å². The van der Waals surface area contributed by atoms with Gasteiger partial charge in [0.2, 0.25) is 0 Å². The van der Waals surface area contributed by atoms with Crippen LogP contribution < -0.4 is 0 Å². The molecule has 5 nitrogen and oxygen atoms in total. The standard InChI is InChI=1S/C56H35N5S/c1-5-16-36(17-6-1)39-22-15-23-40(32-39)42-34-46(56-59-54(37-18-7-2-8-19-37)58-55(60-56)38-20-9-3-10-21-38)53(57-35-42)41-28-30-49-45(33-41)52-50(62-49)31-29-48-51(52)44-26-13-14-27-47(44)61(48)43-24-11-4-12-25-43/h1-35H. The van der Waals surface area contributed by atoms with Crippen molar-refractivity contribution in [3.63, 3.8) is 0 Å². The summed E-state index contributed by atoms with van der Waals surface area (Å²) in [5, 5.41) is 4.94. The van der Waals surface area contributed by atoms with Gasteiger partial charge in [-0.1, -0.05) is 152 Å². The first-order valence-corrected chi connectivity index (χ1v) is 21.5. The van der Waals surface area contributed by atoms with Crippen molar-refractivity contribution in [2.75, 3.05) is 0 Å². The first kappa shape index (κ1) is 35.8. The predicted octanol–water partition coefficient (Wildman–Crippen LogP) is 14.7. The zero-order chi connectivity index (χ0) is 41.0. The van der Waals surface area contributed by atoms with Gasteiger partial charge in [0.1, 0.15) is 0 Å². The van der Waals surface area contributed by atoms with Gasteiger partial charge in [-0.2, -0.15) is 0 Å². The highest BCUT2D eigenvalue weighted by Crippen LogP contribution is 2.45. The summed E-state index contributed by atoms with van der Waals surface area (Å²) >= 11 is 1.83. The molecular weight excluding hydrogens is 775 g/mol. The summed E-state index contributed by atoms with van der Waals surface area (Å²) < 4.78 is 4.86. The number of aromatic nitrogens is 5. The minimum atomic E-state index is 0.560. The van der Waals surface area contributed by atoms with E-state index in [9.17, 15) is 0 Å². The maximum absolute atomic E-state index is 5.34. The van der Waals surface area contributed by atoms with Crippen molar-refractivity contribution >= 4 is 53.3 Å². The summed E-state index contributed by atoms with van der Waals surface area (Å²) in [7, 11) is 0. The van der Waals surface area contributed by atoms with Gasteiger partial charge in [-0.15, -0.1) is 11.3 Å². The van der Waals surface area contributed by atoms with Crippen molar-refractivity contribution in [3.8, 4) is 73.4 Å². The molecule has 62 heavy (non-hydrogen) atoms. The molecule has 4 heterocycles. The molecule has 0 N–H and O–H groups in total. The van der Waals surface area contributed by atoms with E-state index in [1.807, 2.05) is 84.3 Å². The van der Waals surface area contributed by atoms with E-state index < -0.39 is 0 Å². The number of rotatable bonds is 7. The van der Waals surface area contributed by atoms with Crippen molar-refractivity contribution < 1.29 is 0 Å². The van der Waals surface area contributed by atoms with Gasteiger partial charge in [-0.05, 0) is 71.3 Å². The third-order valence-corrected chi connectivity index (χ3v) is 12.8. The van der Waals surface area contributed by atoms with E-state index in [-0.39, 0.29) is 0 Å². The molecule has 12 rings (SSSR count). The largest absolute Gasteiger partial charge is 0.309 e. The fourth-order valence-electron chi connectivity index (χ4n) is 8.79. The molecule has 0 bridgehead atoms. The summed E-state index contributed by atoms with van der Waals surface area (Å²) in [4.78, 5) is 20.8. The third kappa shape index (κ3) is 6.16. The van der Waals surface area contributed by atoms with E-state index >= 15 is 0 Å². The van der Waals surface area contributed by atoms with Crippen LogP contribution in [0.2, 0.25) is 0 Å². The Morgan fingerprint density at radius 2 is 0.935 bits per heavy atom. The molecule has 8 aromatic carbocycles. The van der Waals surface area contributed by atoms with Crippen LogP contribution in [0.3, 0.4) is 0 Å². The highest BCUT2D eigenvalue weighted by atomic mass is 32.1. The lowest BCUT2D eigenvalue weighted by Crippen LogP contribution is -2.02. The third-order valence-electron chi connectivity index (χ3n) is 11.7. The van der Waals surface area contributed by atoms with Crippen LogP contribution in [0.25, 0.3) is 115 Å². The molecule has 0 fully saturated rings. The molecule has 0 unspecified atom stereocenters. The lowest BCUT2D eigenvalue weighted by Gasteiger charge is -2.14. The molecule has 4 aromatic heterocycles. The molecule has 6 heteroatoms. The Hall–Kier alpha value is -8.06. The molecule has 290 valence electrons. The molecule has 12 aromatic rings. The molecule has 0 spiro atoms. The molecule has 0 amide bonds. The number of hydrogen-bond donors (Lipinski definition) is 0. The van der Waals surface area contributed by atoms with Crippen LogP contribution in [-0.4, -0.2) is 24.5 Å². The van der Waals surface area contributed by atoms with Crippen molar-refractivity contribution in [2.24, 2.45) is 0 Å². The highest BCUT2D eigenvalue weighted by Gasteiger charge is 2.21. The second kappa shape index (κ2) is 14.9. The monoisotopic (exact) mass is 809 g/mol. The minimum Gasteiger partial charge on any atom is -0.309 e. The maximum atomic E-state index is 5.34. The number of nitrogens with zero attached hydrogens (tertiary/aromatic N) is 5. The van der Waals surface area contributed by atoms with Gasteiger partial charge in [-0.3, -0.25) is 4.98 Å². The van der Waals surface area contributed by atoms with Crippen LogP contribution >= 0.6 is 11.3 Å². The van der Waals surface area contributed by atoms with Gasteiger partial charge in [0.05, 0.1) is 16.7 Å². The van der Waals surface area contributed by atoms with Crippen molar-refractivity contribution in [1.82, 2.24) is 24.5 Å². The van der Waals surface area contributed by atoms with Crippen LogP contribution in [-0.2, 0) is 0 Å². The van der Waals surface area contributed by atoms with Gasteiger partial charge in [0, 0.05) is 70.6 Å². The molecule has 0 radical (unpaired) electrons. The summed E-state index contributed by atoms with van der Waals surface area (Å²) in [5.41, 5.74) is 12.3. The zero-order valence-corrected chi connectivity index (χ0v) is 34.2. The average molecular weight is 810 g/mol. The number of fused-ring (bicyclic) bond motifs is 7.